The van der Waals surface area contributed by atoms with Gasteiger partial charge < -0.3 is 10.2 Å². The zero-order valence-corrected chi connectivity index (χ0v) is 16.6. The molecule has 1 aliphatic carbocycles. The molecule has 2 heterocycles. The van der Waals surface area contributed by atoms with E-state index in [1.807, 2.05) is 35.2 Å². The Morgan fingerprint density at radius 2 is 1.89 bits per heavy atom. The summed E-state index contributed by atoms with van der Waals surface area (Å²) < 4.78 is 0. The topological polar surface area (TPSA) is 79.4 Å². The van der Waals surface area contributed by atoms with E-state index >= 15 is 0 Å². The highest BCUT2D eigenvalue weighted by atomic mass is 32.1. The lowest BCUT2D eigenvalue weighted by Crippen LogP contribution is -2.35. The highest BCUT2D eigenvalue weighted by Crippen LogP contribution is 2.33. The van der Waals surface area contributed by atoms with Gasteiger partial charge in [-0.25, -0.2) is 4.98 Å². The van der Waals surface area contributed by atoms with E-state index in [9.17, 15) is 14.4 Å². The van der Waals surface area contributed by atoms with Gasteiger partial charge in [0, 0.05) is 31.5 Å². The van der Waals surface area contributed by atoms with Crippen LogP contribution >= 0.6 is 11.3 Å². The molecule has 7 heteroatoms. The average molecular weight is 398 g/mol. The Morgan fingerprint density at radius 3 is 2.57 bits per heavy atom. The number of ketones is 1. The van der Waals surface area contributed by atoms with Crippen LogP contribution in [0.5, 0.6) is 0 Å². The molecule has 28 heavy (non-hydrogen) atoms. The summed E-state index contributed by atoms with van der Waals surface area (Å²) >= 11 is 1.19. The maximum absolute atomic E-state index is 12.7. The minimum Gasteiger partial charge on any atom is -0.339 e. The molecule has 2 fully saturated rings. The fourth-order valence-electron chi connectivity index (χ4n) is 4.09. The van der Waals surface area contributed by atoms with Gasteiger partial charge in [-0.15, -0.1) is 0 Å². The molecule has 1 aromatic carbocycles. The monoisotopic (exact) mass is 397 g/mol. The Kier molecular flexibility index (Phi) is 5.26. The molecular formula is C21H23N3O3S. The molecule has 1 saturated carbocycles. The number of benzene rings is 1. The van der Waals surface area contributed by atoms with Crippen molar-refractivity contribution in [2.24, 2.45) is 5.92 Å². The second-order valence-electron chi connectivity index (χ2n) is 7.49. The fourth-order valence-corrected chi connectivity index (χ4v) is 4.97. The highest BCUT2D eigenvalue weighted by molar-refractivity contribution is 7.18. The number of carbonyl (C=O) groups excluding carboxylic acids is 3. The zero-order chi connectivity index (χ0) is 19.7. The van der Waals surface area contributed by atoms with E-state index in [1.54, 1.807) is 0 Å². The normalized spacial score (nSPS) is 20.0. The van der Waals surface area contributed by atoms with E-state index in [1.165, 1.54) is 18.3 Å². The molecule has 0 spiro atoms. The molecule has 1 aliphatic heterocycles. The molecule has 146 valence electrons. The van der Waals surface area contributed by atoms with Crippen molar-refractivity contribution in [3.05, 3.63) is 35.2 Å². The maximum Gasteiger partial charge on any atom is 0.231 e. The molecule has 1 saturated heterocycles. The van der Waals surface area contributed by atoms with Gasteiger partial charge in [-0.3, -0.25) is 14.4 Å². The molecule has 0 bridgehead atoms. The van der Waals surface area contributed by atoms with E-state index in [-0.39, 0.29) is 29.9 Å². The standard InChI is InChI=1S/C21H23N3O3S/c1-13(25)19-18(14-7-3-2-4-8-14)22-21(28-19)23-20(27)15-11-17(26)24(12-15)16-9-5-6-10-16/h2-4,7-8,15-16H,5-6,9-12H2,1H3,(H,22,23,27). The van der Waals surface area contributed by atoms with Crippen molar-refractivity contribution in [3.63, 3.8) is 0 Å². The molecule has 2 amide bonds. The smallest absolute Gasteiger partial charge is 0.231 e. The van der Waals surface area contributed by atoms with Crippen molar-refractivity contribution >= 4 is 34.1 Å². The van der Waals surface area contributed by atoms with Gasteiger partial charge in [-0.05, 0) is 12.8 Å². The predicted octanol–water partition coefficient (Wildman–Crippen LogP) is 3.74. The first-order chi connectivity index (χ1) is 13.5. The van der Waals surface area contributed by atoms with Crippen molar-refractivity contribution in [3.8, 4) is 11.3 Å². The number of aromatic nitrogens is 1. The van der Waals surface area contributed by atoms with Crippen LogP contribution in [-0.4, -0.2) is 40.1 Å². The number of Topliss-reactive ketones (excluding diaryl/α,β-unsaturated/α-hetero) is 1. The summed E-state index contributed by atoms with van der Waals surface area (Å²) in [5.74, 6) is -0.573. The van der Waals surface area contributed by atoms with Gasteiger partial charge in [0.1, 0.15) is 0 Å². The fraction of sp³-hybridized carbons (Fsp3) is 0.429. The van der Waals surface area contributed by atoms with Gasteiger partial charge in [-0.2, -0.15) is 0 Å². The van der Waals surface area contributed by atoms with Crippen LogP contribution in [0.3, 0.4) is 0 Å². The summed E-state index contributed by atoms with van der Waals surface area (Å²) in [6, 6.07) is 9.75. The Morgan fingerprint density at radius 1 is 1.18 bits per heavy atom. The number of nitrogens with one attached hydrogen (secondary N) is 1. The molecule has 2 aromatic rings. The van der Waals surface area contributed by atoms with Gasteiger partial charge in [-0.1, -0.05) is 54.5 Å². The van der Waals surface area contributed by atoms with E-state index in [2.05, 4.69) is 10.3 Å². The third kappa shape index (κ3) is 3.71. The van der Waals surface area contributed by atoms with E-state index < -0.39 is 0 Å². The lowest BCUT2D eigenvalue weighted by Gasteiger charge is -2.23. The molecule has 6 nitrogen and oxygen atoms in total. The number of nitrogens with zero attached hydrogens (tertiary/aromatic N) is 2. The number of hydrogen-bond donors (Lipinski definition) is 1. The molecule has 1 N–H and O–H groups in total. The molecular weight excluding hydrogens is 374 g/mol. The quantitative estimate of drug-likeness (QED) is 0.780. The van der Waals surface area contributed by atoms with Crippen molar-refractivity contribution in [1.82, 2.24) is 9.88 Å². The van der Waals surface area contributed by atoms with Gasteiger partial charge in [0.15, 0.2) is 10.9 Å². The lowest BCUT2D eigenvalue weighted by atomic mass is 10.1. The van der Waals surface area contributed by atoms with Gasteiger partial charge in [0.05, 0.1) is 16.5 Å². The summed E-state index contributed by atoms with van der Waals surface area (Å²) in [6.07, 6.45) is 4.63. The average Bonchev–Trinajstić information content (AvgIpc) is 3.41. The highest BCUT2D eigenvalue weighted by Gasteiger charge is 2.38. The third-order valence-corrected chi connectivity index (χ3v) is 6.59. The van der Waals surface area contributed by atoms with Crippen molar-refractivity contribution in [2.45, 2.75) is 45.1 Å². The summed E-state index contributed by atoms with van der Waals surface area (Å²) in [5, 5.41) is 3.24. The Balaban J connectivity index is 1.49. The Labute approximate surface area is 168 Å². The molecule has 1 aromatic heterocycles. The van der Waals surface area contributed by atoms with E-state index in [0.717, 1.165) is 31.2 Å². The van der Waals surface area contributed by atoms with Crippen LogP contribution in [-0.2, 0) is 9.59 Å². The van der Waals surface area contributed by atoms with Crippen LogP contribution in [0.15, 0.2) is 30.3 Å². The molecule has 4 rings (SSSR count). The SMILES string of the molecule is CC(=O)c1sc(NC(=O)C2CC(=O)N(C3CCCC3)C2)nc1-c1ccccc1. The Bertz CT molecular complexity index is 903. The van der Waals surface area contributed by atoms with Crippen molar-refractivity contribution < 1.29 is 14.4 Å². The summed E-state index contributed by atoms with van der Waals surface area (Å²) in [6.45, 7) is 1.98. The van der Waals surface area contributed by atoms with E-state index in [0.29, 0.717) is 28.3 Å². The number of thiazole rings is 1. The van der Waals surface area contributed by atoms with Crippen LogP contribution in [0, 0.1) is 5.92 Å². The second kappa shape index (κ2) is 7.83. The maximum atomic E-state index is 12.7. The zero-order valence-electron chi connectivity index (χ0n) is 15.8. The van der Waals surface area contributed by atoms with Crippen LogP contribution < -0.4 is 5.32 Å². The number of carbonyl (C=O) groups is 3. The number of amides is 2. The largest absolute Gasteiger partial charge is 0.339 e. The minimum absolute atomic E-state index is 0.0700. The number of rotatable bonds is 5. The first-order valence-electron chi connectivity index (χ1n) is 9.70. The van der Waals surface area contributed by atoms with Crippen LogP contribution in [0.2, 0.25) is 0 Å². The second-order valence-corrected chi connectivity index (χ2v) is 8.49. The van der Waals surface area contributed by atoms with Crippen LogP contribution in [0.4, 0.5) is 5.13 Å². The van der Waals surface area contributed by atoms with Gasteiger partial charge >= 0.3 is 0 Å². The minimum atomic E-state index is -0.363. The van der Waals surface area contributed by atoms with Gasteiger partial charge in [0.2, 0.25) is 11.8 Å². The number of likely N-dealkylation sites (tertiary alicyclic amines) is 1. The molecule has 2 aliphatic rings. The number of hydrogen-bond acceptors (Lipinski definition) is 5. The van der Waals surface area contributed by atoms with E-state index in [4.69, 9.17) is 0 Å². The number of anilines is 1. The third-order valence-electron chi connectivity index (χ3n) is 5.52. The van der Waals surface area contributed by atoms with Crippen LogP contribution in [0.25, 0.3) is 11.3 Å². The molecule has 1 unspecified atom stereocenters. The van der Waals surface area contributed by atoms with Crippen molar-refractivity contribution in [2.75, 3.05) is 11.9 Å². The summed E-state index contributed by atoms with van der Waals surface area (Å²) in [7, 11) is 0. The first-order valence-corrected chi connectivity index (χ1v) is 10.5. The summed E-state index contributed by atoms with van der Waals surface area (Å²) in [5.41, 5.74) is 1.43. The van der Waals surface area contributed by atoms with Crippen LogP contribution in [0.1, 0.15) is 48.7 Å². The van der Waals surface area contributed by atoms with Crippen molar-refractivity contribution in [1.29, 1.82) is 0 Å². The Hall–Kier alpha value is -2.54. The van der Waals surface area contributed by atoms with Gasteiger partial charge in [0.25, 0.3) is 0 Å². The molecule has 1 atom stereocenters. The first kappa shape index (κ1) is 18.8. The lowest BCUT2D eigenvalue weighted by molar-refractivity contribution is -0.129. The summed E-state index contributed by atoms with van der Waals surface area (Å²) in [4.78, 5) is 44.0. The predicted molar refractivity (Wildman–Crippen MR) is 108 cm³/mol. The molecule has 0 radical (unpaired) electrons.